The van der Waals surface area contributed by atoms with Crippen LogP contribution < -0.4 is 5.32 Å². The van der Waals surface area contributed by atoms with Gasteiger partial charge in [0.2, 0.25) is 0 Å². The zero-order chi connectivity index (χ0) is 20.1. The summed E-state index contributed by atoms with van der Waals surface area (Å²) in [6.07, 6.45) is 0.445. The van der Waals surface area contributed by atoms with Gasteiger partial charge >= 0.3 is 0 Å². The summed E-state index contributed by atoms with van der Waals surface area (Å²) in [4.78, 5) is 26.7. The van der Waals surface area contributed by atoms with E-state index < -0.39 is 6.04 Å². The number of nitrogens with one attached hydrogen (secondary N) is 1. The van der Waals surface area contributed by atoms with E-state index in [-0.39, 0.29) is 31.0 Å². The molecule has 0 bridgehead atoms. The first-order valence-electron chi connectivity index (χ1n) is 8.78. The lowest BCUT2D eigenvalue weighted by atomic mass is 10.1. The topological polar surface area (TPSA) is 117 Å². The smallest absolute Gasteiger partial charge is 0.254 e. The maximum Gasteiger partial charge on any atom is 0.254 e. The van der Waals surface area contributed by atoms with Gasteiger partial charge in [-0.25, -0.2) is 0 Å². The van der Waals surface area contributed by atoms with Gasteiger partial charge in [0.05, 0.1) is 35.9 Å². The Morgan fingerprint density at radius 3 is 2.04 bits per heavy atom. The number of hydrogen-bond donors (Lipinski definition) is 2. The summed E-state index contributed by atoms with van der Waals surface area (Å²) in [6.45, 7) is 0.0807. The number of rotatable bonds is 4. The molecule has 2 amide bonds. The molecule has 0 aliphatic carbocycles. The van der Waals surface area contributed by atoms with Gasteiger partial charge < -0.3 is 15.3 Å². The average Bonchev–Trinajstić information content (AvgIpc) is 3.16. The highest BCUT2D eigenvalue weighted by molar-refractivity contribution is 5.96. The third-order valence-electron chi connectivity index (χ3n) is 4.76. The number of likely N-dealkylation sites (tertiary alicyclic amines) is 1. The van der Waals surface area contributed by atoms with E-state index in [1.165, 1.54) is 0 Å². The molecule has 140 valence electrons. The van der Waals surface area contributed by atoms with Crippen molar-refractivity contribution in [2.45, 2.75) is 18.5 Å². The van der Waals surface area contributed by atoms with Gasteiger partial charge in [-0.3, -0.25) is 9.59 Å². The minimum absolute atomic E-state index is 0.203. The van der Waals surface area contributed by atoms with Crippen LogP contribution in [-0.2, 0) is 0 Å². The standard InChI is InChI=1S/C21H18N4O3/c22-10-14-1-5-16(6-2-14)20(27)24-18-9-19(13-26)25(12-18)21(28)17-7-3-15(11-23)4-8-17/h1-8,18-19,26H,9,12-13H2,(H,24,27)/t18-,19-/m0/s1. The van der Waals surface area contributed by atoms with Gasteiger partial charge in [-0.2, -0.15) is 10.5 Å². The largest absolute Gasteiger partial charge is 0.394 e. The number of aliphatic hydroxyl groups excluding tert-OH is 1. The molecule has 7 heteroatoms. The lowest BCUT2D eigenvalue weighted by Crippen LogP contribution is -2.40. The first-order chi connectivity index (χ1) is 13.5. The quantitative estimate of drug-likeness (QED) is 0.840. The normalized spacial score (nSPS) is 18.2. The van der Waals surface area contributed by atoms with E-state index in [4.69, 9.17) is 10.5 Å². The van der Waals surface area contributed by atoms with Crippen LogP contribution in [0.25, 0.3) is 0 Å². The van der Waals surface area contributed by atoms with E-state index in [0.29, 0.717) is 28.7 Å². The van der Waals surface area contributed by atoms with Crippen molar-refractivity contribution >= 4 is 11.8 Å². The number of hydrogen-bond acceptors (Lipinski definition) is 5. The molecular weight excluding hydrogens is 356 g/mol. The average molecular weight is 374 g/mol. The molecule has 2 N–H and O–H groups in total. The molecule has 0 saturated carbocycles. The number of nitriles is 2. The van der Waals surface area contributed by atoms with Gasteiger partial charge in [0.15, 0.2) is 0 Å². The highest BCUT2D eigenvalue weighted by Crippen LogP contribution is 2.21. The van der Waals surface area contributed by atoms with Crippen molar-refractivity contribution in [1.82, 2.24) is 10.2 Å². The fourth-order valence-electron chi connectivity index (χ4n) is 3.26. The molecule has 3 rings (SSSR count). The van der Waals surface area contributed by atoms with Crippen molar-refractivity contribution in [3.63, 3.8) is 0 Å². The number of nitrogens with zero attached hydrogens (tertiary/aromatic N) is 3. The molecule has 0 aromatic heterocycles. The number of benzene rings is 2. The Hall–Kier alpha value is -3.68. The molecule has 2 atom stereocenters. The lowest BCUT2D eigenvalue weighted by molar-refractivity contribution is 0.0674. The van der Waals surface area contributed by atoms with Gasteiger partial charge in [0.1, 0.15) is 0 Å². The Morgan fingerprint density at radius 1 is 1.00 bits per heavy atom. The Bertz CT molecular complexity index is 955. The van der Waals surface area contributed by atoms with Gasteiger partial charge in [-0.05, 0) is 55.0 Å². The first kappa shape index (κ1) is 19.1. The first-order valence-corrected chi connectivity index (χ1v) is 8.78. The third kappa shape index (κ3) is 4.01. The van der Waals surface area contributed by atoms with Crippen molar-refractivity contribution in [2.24, 2.45) is 0 Å². The SMILES string of the molecule is N#Cc1ccc(C(=O)N[C@H]2C[C@@H](CO)N(C(=O)c3ccc(C#N)cc3)C2)cc1. The van der Waals surface area contributed by atoms with Gasteiger partial charge in [0, 0.05) is 23.7 Å². The highest BCUT2D eigenvalue weighted by atomic mass is 16.3. The van der Waals surface area contributed by atoms with Crippen molar-refractivity contribution < 1.29 is 14.7 Å². The Labute approximate surface area is 162 Å². The monoisotopic (exact) mass is 374 g/mol. The fraction of sp³-hybridized carbons (Fsp3) is 0.238. The van der Waals surface area contributed by atoms with Crippen LogP contribution in [0, 0.1) is 22.7 Å². The number of aliphatic hydroxyl groups is 1. The molecule has 2 aromatic carbocycles. The van der Waals surface area contributed by atoms with Crippen LogP contribution >= 0.6 is 0 Å². The minimum Gasteiger partial charge on any atom is -0.394 e. The molecule has 0 radical (unpaired) electrons. The Balaban J connectivity index is 1.68. The molecule has 0 unspecified atom stereocenters. The van der Waals surface area contributed by atoms with Crippen LogP contribution in [0.5, 0.6) is 0 Å². The second-order valence-corrected chi connectivity index (χ2v) is 6.58. The molecule has 0 spiro atoms. The number of amides is 2. The van der Waals surface area contributed by atoms with E-state index >= 15 is 0 Å². The Kier molecular flexibility index (Phi) is 5.69. The van der Waals surface area contributed by atoms with Crippen LogP contribution in [-0.4, -0.2) is 47.1 Å². The molecule has 28 heavy (non-hydrogen) atoms. The second kappa shape index (κ2) is 8.34. The van der Waals surface area contributed by atoms with Crippen molar-refractivity contribution in [3.8, 4) is 12.1 Å². The molecule has 1 aliphatic rings. The number of carbonyl (C=O) groups excluding carboxylic acids is 2. The summed E-state index contributed by atoms with van der Waals surface area (Å²) in [5, 5.41) is 30.2. The number of carbonyl (C=O) groups is 2. The zero-order valence-corrected chi connectivity index (χ0v) is 15.0. The van der Waals surface area contributed by atoms with Crippen LogP contribution in [0.15, 0.2) is 48.5 Å². The van der Waals surface area contributed by atoms with E-state index in [1.807, 2.05) is 12.1 Å². The van der Waals surface area contributed by atoms with Crippen molar-refractivity contribution in [3.05, 3.63) is 70.8 Å². The molecule has 1 fully saturated rings. The van der Waals surface area contributed by atoms with E-state index in [0.717, 1.165) is 0 Å². The van der Waals surface area contributed by atoms with Crippen molar-refractivity contribution in [2.75, 3.05) is 13.2 Å². The lowest BCUT2D eigenvalue weighted by Gasteiger charge is -2.23. The maximum atomic E-state index is 12.8. The van der Waals surface area contributed by atoms with E-state index in [2.05, 4.69) is 5.32 Å². The molecule has 1 heterocycles. The second-order valence-electron chi connectivity index (χ2n) is 6.58. The predicted molar refractivity (Wildman–Crippen MR) is 100 cm³/mol. The predicted octanol–water partition coefficient (Wildman–Crippen LogP) is 1.44. The molecule has 7 nitrogen and oxygen atoms in total. The van der Waals surface area contributed by atoms with Crippen LogP contribution in [0.1, 0.15) is 38.3 Å². The summed E-state index contributed by atoms with van der Waals surface area (Å²) in [5.74, 6) is -0.544. The van der Waals surface area contributed by atoms with Gasteiger partial charge in [-0.1, -0.05) is 0 Å². The van der Waals surface area contributed by atoms with Crippen LogP contribution in [0.2, 0.25) is 0 Å². The molecule has 1 aliphatic heterocycles. The summed E-state index contributed by atoms with van der Waals surface area (Å²) < 4.78 is 0. The summed E-state index contributed by atoms with van der Waals surface area (Å²) in [7, 11) is 0. The van der Waals surface area contributed by atoms with Crippen LogP contribution in [0.4, 0.5) is 0 Å². The van der Waals surface area contributed by atoms with Crippen molar-refractivity contribution in [1.29, 1.82) is 10.5 Å². The fourth-order valence-corrected chi connectivity index (χ4v) is 3.26. The highest BCUT2D eigenvalue weighted by Gasteiger charge is 2.36. The minimum atomic E-state index is -0.394. The molecule has 1 saturated heterocycles. The van der Waals surface area contributed by atoms with E-state index in [9.17, 15) is 14.7 Å². The zero-order valence-electron chi connectivity index (χ0n) is 15.0. The van der Waals surface area contributed by atoms with Gasteiger partial charge in [0.25, 0.3) is 11.8 Å². The van der Waals surface area contributed by atoms with E-state index in [1.54, 1.807) is 53.4 Å². The maximum absolute atomic E-state index is 12.8. The summed E-state index contributed by atoms with van der Waals surface area (Å²) in [6, 6.07) is 15.9. The van der Waals surface area contributed by atoms with Gasteiger partial charge in [-0.15, -0.1) is 0 Å². The summed E-state index contributed by atoms with van der Waals surface area (Å²) in [5.41, 5.74) is 1.79. The Morgan fingerprint density at radius 2 is 1.54 bits per heavy atom. The third-order valence-corrected chi connectivity index (χ3v) is 4.76. The van der Waals surface area contributed by atoms with Crippen LogP contribution in [0.3, 0.4) is 0 Å². The summed E-state index contributed by atoms with van der Waals surface area (Å²) >= 11 is 0. The molecular formula is C21H18N4O3. The molecule has 2 aromatic rings.